The molecule has 5 nitrogen and oxygen atoms in total. The standard InChI is InChI=1S/C15H22N4O/c1-4-19(5-2)10-9-13-17-15(20-18-13)14-11(3)7-6-8-12(14)16/h6-8H,4-5,9-10,16H2,1-3H3. The Morgan fingerprint density at radius 1 is 1.25 bits per heavy atom. The average molecular weight is 274 g/mol. The van der Waals surface area contributed by atoms with Gasteiger partial charge in [0.15, 0.2) is 5.82 Å². The quantitative estimate of drug-likeness (QED) is 0.820. The number of aryl methyl sites for hydroxylation is 1. The molecule has 0 spiro atoms. The Morgan fingerprint density at radius 2 is 2.00 bits per heavy atom. The van der Waals surface area contributed by atoms with E-state index in [2.05, 4.69) is 28.9 Å². The van der Waals surface area contributed by atoms with Crippen LogP contribution in [0.2, 0.25) is 0 Å². The van der Waals surface area contributed by atoms with Crippen LogP contribution in [0.1, 0.15) is 25.2 Å². The molecular weight excluding hydrogens is 252 g/mol. The topological polar surface area (TPSA) is 68.2 Å². The molecule has 1 aromatic carbocycles. The van der Waals surface area contributed by atoms with Crippen molar-refractivity contribution in [3.05, 3.63) is 29.6 Å². The van der Waals surface area contributed by atoms with Crippen LogP contribution in [0.15, 0.2) is 22.7 Å². The minimum absolute atomic E-state index is 0.509. The SMILES string of the molecule is CCN(CC)CCc1noc(-c2c(C)cccc2N)n1. The lowest BCUT2D eigenvalue weighted by Crippen LogP contribution is -2.25. The van der Waals surface area contributed by atoms with Crippen molar-refractivity contribution >= 4 is 5.69 Å². The molecule has 0 fully saturated rings. The molecule has 5 heteroatoms. The lowest BCUT2D eigenvalue weighted by atomic mass is 10.1. The molecular formula is C15H22N4O. The van der Waals surface area contributed by atoms with E-state index in [0.717, 1.165) is 43.0 Å². The first-order chi connectivity index (χ1) is 9.65. The summed E-state index contributed by atoms with van der Waals surface area (Å²) >= 11 is 0. The summed E-state index contributed by atoms with van der Waals surface area (Å²) in [6.07, 6.45) is 0.789. The van der Waals surface area contributed by atoms with E-state index < -0.39 is 0 Å². The molecule has 0 aliphatic heterocycles. The van der Waals surface area contributed by atoms with E-state index in [1.807, 2.05) is 25.1 Å². The maximum atomic E-state index is 5.99. The largest absolute Gasteiger partial charge is 0.398 e. The van der Waals surface area contributed by atoms with Gasteiger partial charge in [0.2, 0.25) is 0 Å². The van der Waals surface area contributed by atoms with Gasteiger partial charge in [0, 0.05) is 18.7 Å². The summed E-state index contributed by atoms with van der Waals surface area (Å²) in [5.74, 6) is 1.24. The van der Waals surface area contributed by atoms with Gasteiger partial charge in [-0.1, -0.05) is 31.1 Å². The summed E-state index contributed by atoms with van der Waals surface area (Å²) in [5, 5.41) is 4.05. The lowest BCUT2D eigenvalue weighted by Gasteiger charge is -2.16. The zero-order valence-corrected chi connectivity index (χ0v) is 12.4. The summed E-state index contributed by atoms with van der Waals surface area (Å²) < 4.78 is 5.35. The lowest BCUT2D eigenvalue weighted by molar-refractivity contribution is 0.303. The van der Waals surface area contributed by atoms with Gasteiger partial charge in [-0.2, -0.15) is 4.98 Å². The predicted molar refractivity (Wildman–Crippen MR) is 80.4 cm³/mol. The van der Waals surface area contributed by atoms with Crippen molar-refractivity contribution in [2.45, 2.75) is 27.2 Å². The van der Waals surface area contributed by atoms with E-state index in [1.54, 1.807) is 0 Å². The van der Waals surface area contributed by atoms with Gasteiger partial charge in [-0.05, 0) is 31.6 Å². The van der Waals surface area contributed by atoms with Crippen molar-refractivity contribution in [3.8, 4) is 11.5 Å². The maximum Gasteiger partial charge on any atom is 0.260 e. The van der Waals surface area contributed by atoms with Gasteiger partial charge in [0.05, 0.1) is 5.56 Å². The number of nitrogen functional groups attached to an aromatic ring is 1. The highest BCUT2D eigenvalue weighted by atomic mass is 16.5. The average Bonchev–Trinajstić information content (AvgIpc) is 2.88. The molecule has 108 valence electrons. The molecule has 0 radical (unpaired) electrons. The minimum Gasteiger partial charge on any atom is -0.398 e. The number of hydrogen-bond donors (Lipinski definition) is 1. The zero-order valence-electron chi connectivity index (χ0n) is 12.4. The van der Waals surface area contributed by atoms with Gasteiger partial charge in [-0.3, -0.25) is 0 Å². The summed E-state index contributed by atoms with van der Waals surface area (Å²) in [4.78, 5) is 6.79. The van der Waals surface area contributed by atoms with Crippen LogP contribution in [-0.2, 0) is 6.42 Å². The highest BCUT2D eigenvalue weighted by Crippen LogP contribution is 2.27. The Kier molecular flexibility index (Phi) is 4.74. The fraction of sp³-hybridized carbons (Fsp3) is 0.467. The molecule has 0 saturated carbocycles. The molecule has 2 rings (SSSR count). The maximum absolute atomic E-state index is 5.99. The van der Waals surface area contributed by atoms with Crippen molar-refractivity contribution in [2.24, 2.45) is 0 Å². The molecule has 0 amide bonds. The molecule has 2 N–H and O–H groups in total. The molecule has 0 aliphatic rings. The van der Waals surface area contributed by atoms with Gasteiger partial charge in [0.25, 0.3) is 5.89 Å². The van der Waals surface area contributed by atoms with Gasteiger partial charge >= 0.3 is 0 Å². The van der Waals surface area contributed by atoms with E-state index >= 15 is 0 Å². The van der Waals surface area contributed by atoms with Crippen molar-refractivity contribution < 1.29 is 4.52 Å². The van der Waals surface area contributed by atoms with E-state index in [4.69, 9.17) is 10.3 Å². The summed E-state index contributed by atoms with van der Waals surface area (Å²) in [6.45, 7) is 9.30. The molecule has 1 heterocycles. The third-order valence-corrected chi connectivity index (χ3v) is 3.53. The molecule has 0 atom stereocenters. The van der Waals surface area contributed by atoms with Crippen molar-refractivity contribution in [2.75, 3.05) is 25.4 Å². The number of rotatable bonds is 6. The first-order valence-electron chi connectivity index (χ1n) is 7.06. The first-order valence-corrected chi connectivity index (χ1v) is 7.06. The van der Waals surface area contributed by atoms with Crippen LogP contribution in [0, 0.1) is 6.92 Å². The number of hydrogen-bond acceptors (Lipinski definition) is 5. The normalized spacial score (nSPS) is 11.2. The zero-order chi connectivity index (χ0) is 14.5. The van der Waals surface area contributed by atoms with Gasteiger partial charge in [-0.25, -0.2) is 0 Å². The van der Waals surface area contributed by atoms with Crippen LogP contribution in [0.3, 0.4) is 0 Å². The van der Waals surface area contributed by atoms with Crippen LogP contribution >= 0.6 is 0 Å². The Hall–Kier alpha value is -1.88. The Bertz CT molecular complexity index is 541. The monoisotopic (exact) mass is 274 g/mol. The Balaban J connectivity index is 2.13. The molecule has 0 saturated heterocycles. The van der Waals surface area contributed by atoms with Crippen LogP contribution in [0.25, 0.3) is 11.5 Å². The second-order valence-corrected chi connectivity index (χ2v) is 4.83. The number of benzene rings is 1. The van der Waals surface area contributed by atoms with Crippen LogP contribution in [-0.4, -0.2) is 34.7 Å². The third-order valence-electron chi connectivity index (χ3n) is 3.53. The summed E-state index contributed by atoms with van der Waals surface area (Å²) in [6, 6.07) is 5.76. The summed E-state index contributed by atoms with van der Waals surface area (Å²) in [7, 11) is 0. The van der Waals surface area contributed by atoms with Gasteiger partial charge < -0.3 is 15.2 Å². The van der Waals surface area contributed by atoms with E-state index in [9.17, 15) is 0 Å². The van der Waals surface area contributed by atoms with Crippen LogP contribution in [0.4, 0.5) is 5.69 Å². The van der Waals surface area contributed by atoms with Gasteiger partial charge in [-0.15, -0.1) is 0 Å². The second kappa shape index (κ2) is 6.52. The molecule has 2 aromatic rings. The van der Waals surface area contributed by atoms with E-state index in [1.165, 1.54) is 0 Å². The molecule has 20 heavy (non-hydrogen) atoms. The second-order valence-electron chi connectivity index (χ2n) is 4.83. The van der Waals surface area contributed by atoms with E-state index in [0.29, 0.717) is 11.6 Å². The molecule has 0 aliphatic carbocycles. The van der Waals surface area contributed by atoms with Crippen molar-refractivity contribution in [1.29, 1.82) is 0 Å². The number of anilines is 1. The number of likely N-dealkylation sites (N-methyl/N-ethyl adjacent to an activating group) is 1. The highest BCUT2D eigenvalue weighted by molar-refractivity contribution is 5.73. The fourth-order valence-electron chi connectivity index (χ4n) is 2.24. The number of aromatic nitrogens is 2. The fourth-order valence-corrected chi connectivity index (χ4v) is 2.24. The highest BCUT2D eigenvalue weighted by Gasteiger charge is 2.14. The molecule has 0 bridgehead atoms. The first kappa shape index (κ1) is 14.5. The van der Waals surface area contributed by atoms with Crippen molar-refractivity contribution in [3.63, 3.8) is 0 Å². The predicted octanol–water partition coefficient (Wildman–Crippen LogP) is 2.51. The smallest absolute Gasteiger partial charge is 0.260 e. The summed E-state index contributed by atoms with van der Waals surface area (Å²) in [5.41, 5.74) is 8.55. The van der Waals surface area contributed by atoms with Crippen LogP contribution in [0.5, 0.6) is 0 Å². The molecule has 1 aromatic heterocycles. The van der Waals surface area contributed by atoms with E-state index in [-0.39, 0.29) is 0 Å². The van der Waals surface area contributed by atoms with Gasteiger partial charge in [0.1, 0.15) is 0 Å². The Labute approximate surface area is 119 Å². The van der Waals surface area contributed by atoms with Crippen molar-refractivity contribution in [1.82, 2.24) is 15.0 Å². The third kappa shape index (κ3) is 3.17. The molecule has 0 unspecified atom stereocenters. The minimum atomic E-state index is 0.509. The number of nitrogens with zero attached hydrogens (tertiary/aromatic N) is 3. The van der Waals surface area contributed by atoms with Crippen LogP contribution < -0.4 is 5.73 Å². The number of nitrogens with two attached hydrogens (primary N) is 1. The Morgan fingerprint density at radius 3 is 2.65 bits per heavy atom.